The van der Waals surface area contributed by atoms with Crippen molar-refractivity contribution in [3.8, 4) is 0 Å². The summed E-state index contributed by atoms with van der Waals surface area (Å²) in [5.41, 5.74) is 1.84. The van der Waals surface area contributed by atoms with Gasteiger partial charge in [0.15, 0.2) is 5.16 Å². The number of amides is 1. The molecule has 0 radical (unpaired) electrons. The van der Waals surface area contributed by atoms with Crippen molar-refractivity contribution in [2.24, 2.45) is 0 Å². The topological polar surface area (TPSA) is 119 Å². The molecule has 11 heteroatoms. The molecule has 0 atom stereocenters. The lowest BCUT2D eigenvalue weighted by molar-refractivity contribution is -0.113. The van der Waals surface area contributed by atoms with E-state index in [1.54, 1.807) is 24.3 Å². The number of ether oxygens (including phenoxy) is 2. The van der Waals surface area contributed by atoms with Crippen LogP contribution in [0.3, 0.4) is 0 Å². The first-order valence-electron chi connectivity index (χ1n) is 10.6. The number of carbonyl (C=O) groups is 2. The van der Waals surface area contributed by atoms with Gasteiger partial charge in [0.05, 0.1) is 31.6 Å². The van der Waals surface area contributed by atoms with E-state index < -0.39 is 5.97 Å². The van der Waals surface area contributed by atoms with Crippen molar-refractivity contribution in [2.45, 2.75) is 5.16 Å². The number of morpholine rings is 1. The highest BCUT2D eigenvalue weighted by Gasteiger charge is 2.18. The number of methoxy groups -OCH3 is 1. The van der Waals surface area contributed by atoms with Crippen LogP contribution in [0, 0.1) is 0 Å². The number of para-hydroxylation sites is 1. The molecular formula is C23H24N6O4S. The molecule has 176 valence electrons. The zero-order valence-corrected chi connectivity index (χ0v) is 19.4. The first kappa shape index (κ1) is 23.5. The second-order valence-corrected chi connectivity index (χ2v) is 8.18. The number of aromatic nitrogens is 3. The Bertz CT molecular complexity index is 1120. The normalized spacial score (nSPS) is 13.3. The fourth-order valence-electron chi connectivity index (χ4n) is 3.16. The molecular weight excluding hydrogens is 456 g/mol. The van der Waals surface area contributed by atoms with Gasteiger partial charge in [-0.15, -0.1) is 0 Å². The van der Waals surface area contributed by atoms with Gasteiger partial charge in [0.1, 0.15) is 0 Å². The molecule has 0 aliphatic carbocycles. The van der Waals surface area contributed by atoms with Crippen LogP contribution in [0.5, 0.6) is 0 Å². The van der Waals surface area contributed by atoms with Crippen molar-refractivity contribution < 1.29 is 19.1 Å². The van der Waals surface area contributed by atoms with E-state index in [0.717, 1.165) is 5.69 Å². The lowest BCUT2D eigenvalue weighted by atomic mass is 10.2. The monoisotopic (exact) mass is 480 g/mol. The second-order valence-electron chi connectivity index (χ2n) is 7.24. The first-order chi connectivity index (χ1) is 16.6. The molecule has 0 unspecified atom stereocenters. The van der Waals surface area contributed by atoms with Crippen LogP contribution in [0.15, 0.2) is 59.8 Å². The Morgan fingerprint density at radius 2 is 1.74 bits per heavy atom. The van der Waals surface area contributed by atoms with Gasteiger partial charge < -0.3 is 25.0 Å². The Kier molecular flexibility index (Phi) is 7.89. The number of nitrogens with one attached hydrogen (secondary N) is 2. The number of esters is 1. The number of rotatable bonds is 8. The average Bonchev–Trinajstić information content (AvgIpc) is 2.88. The predicted molar refractivity (Wildman–Crippen MR) is 130 cm³/mol. The molecule has 10 nitrogen and oxygen atoms in total. The lowest BCUT2D eigenvalue weighted by Crippen LogP contribution is -2.37. The zero-order valence-electron chi connectivity index (χ0n) is 18.6. The largest absolute Gasteiger partial charge is 0.465 e. The summed E-state index contributed by atoms with van der Waals surface area (Å²) in [7, 11) is 1.32. The van der Waals surface area contributed by atoms with Crippen molar-refractivity contribution in [1.82, 2.24) is 15.0 Å². The van der Waals surface area contributed by atoms with Crippen LogP contribution in [-0.2, 0) is 14.3 Å². The molecule has 1 aliphatic rings. The maximum absolute atomic E-state index is 12.5. The van der Waals surface area contributed by atoms with Crippen molar-refractivity contribution >= 4 is 46.9 Å². The second kappa shape index (κ2) is 11.4. The van der Waals surface area contributed by atoms with Crippen LogP contribution in [0.4, 0.5) is 23.3 Å². The number of nitrogens with zero attached hydrogens (tertiary/aromatic N) is 4. The van der Waals surface area contributed by atoms with E-state index >= 15 is 0 Å². The molecule has 2 N–H and O–H groups in total. The van der Waals surface area contributed by atoms with Gasteiger partial charge in [-0.05, 0) is 36.4 Å². The first-order valence-corrected chi connectivity index (χ1v) is 11.6. The van der Waals surface area contributed by atoms with Crippen molar-refractivity contribution in [3.63, 3.8) is 0 Å². The summed E-state index contributed by atoms with van der Waals surface area (Å²) in [4.78, 5) is 39.7. The Morgan fingerprint density at radius 1 is 1.00 bits per heavy atom. The Morgan fingerprint density at radius 3 is 2.44 bits per heavy atom. The van der Waals surface area contributed by atoms with Gasteiger partial charge in [0, 0.05) is 24.5 Å². The third-order valence-corrected chi connectivity index (χ3v) is 5.70. The van der Waals surface area contributed by atoms with E-state index in [9.17, 15) is 9.59 Å². The molecule has 0 bridgehead atoms. The van der Waals surface area contributed by atoms with Gasteiger partial charge in [-0.1, -0.05) is 30.0 Å². The summed E-state index contributed by atoms with van der Waals surface area (Å²) in [6.45, 7) is 2.57. The zero-order chi connectivity index (χ0) is 23.8. The number of hydrogen-bond acceptors (Lipinski definition) is 10. The summed E-state index contributed by atoms with van der Waals surface area (Å²) < 4.78 is 10.1. The number of hydrogen-bond donors (Lipinski definition) is 2. The van der Waals surface area contributed by atoms with Crippen LogP contribution in [0.1, 0.15) is 10.4 Å². The smallest absolute Gasteiger partial charge is 0.337 e. The van der Waals surface area contributed by atoms with E-state index in [1.165, 1.54) is 18.9 Å². The van der Waals surface area contributed by atoms with Crippen LogP contribution in [0.25, 0.3) is 0 Å². The predicted octanol–water partition coefficient (Wildman–Crippen LogP) is 2.97. The molecule has 3 aromatic rings. The summed E-state index contributed by atoms with van der Waals surface area (Å²) in [6.07, 6.45) is 0. The highest BCUT2D eigenvalue weighted by Crippen LogP contribution is 2.22. The Labute approximate surface area is 201 Å². The minimum atomic E-state index is -0.431. The molecule has 1 aliphatic heterocycles. The lowest BCUT2D eigenvalue weighted by Gasteiger charge is -2.27. The third kappa shape index (κ3) is 6.42. The maximum atomic E-state index is 12.5. The molecule has 1 amide bonds. The van der Waals surface area contributed by atoms with Crippen LogP contribution in [-0.4, -0.2) is 66.0 Å². The number of anilines is 4. The SMILES string of the molecule is COC(=O)c1ccc(NC(=O)CSc2nc(Nc3ccccc3)nc(N3CCOCC3)n2)cc1. The van der Waals surface area contributed by atoms with Crippen molar-refractivity contribution in [2.75, 3.05) is 54.7 Å². The average molecular weight is 481 g/mol. The van der Waals surface area contributed by atoms with E-state index in [2.05, 4.69) is 30.3 Å². The fourth-order valence-corrected chi connectivity index (χ4v) is 3.79. The third-order valence-electron chi connectivity index (χ3n) is 4.85. The van der Waals surface area contributed by atoms with Gasteiger partial charge >= 0.3 is 5.97 Å². The van der Waals surface area contributed by atoms with Gasteiger partial charge in [0.2, 0.25) is 17.8 Å². The molecule has 0 saturated carbocycles. The molecule has 4 rings (SSSR count). The van der Waals surface area contributed by atoms with Crippen molar-refractivity contribution in [3.05, 3.63) is 60.2 Å². The standard InChI is InChI=1S/C23H24N6O4S/c1-32-20(31)16-7-9-18(10-8-16)24-19(30)15-34-23-27-21(25-17-5-3-2-4-6-17)26-22(28-23)29-11-13-33-14-12-29/h2-10H,11-15H2,1H3,(H,24,30)(H,25,26,27,28). The van der Waals surface area contributed by atoms with Gasteiger partial charge in [-0.2, -0.15) is 15.0 Å². The van der Waals surface area contributed by atoms with Crippen LogP contribution >= 0.6 is 11.8 Å². The highest BCUT2D eigenvalue weighted by molar-refractivity contribution is 7.99. The highest BCUT2D eigenvalue weighted by atomic mass is 32.2. The van der Waals surface area contributed by atoms with Crippen LogP contribution < -0.4 is 15.5 Å². The summed E-state index contributed by atoms with van der Waals surface area (Å²) in [5.74, 6) is 0.402. The number of carbonyl (C=O) groups excluding carboxylic acids is 2. The number of benzene rings is 2. The van der Waals surface area contributed by atoms with E-state index in [4.69, 9.17) is 4.74 Å². The molecule has 0 spiro atoms. The molecule has 34 heavy (non-hydrogen) atoms. The van der Waals surface area contributed by atoms with Gasteiger partial charge in [0.25, 0.3) is 0 Å². The van der Waals surface area contributed by atoms with E-state index in [1.807, 2.05) is 35.2 Å². The minimum absolute atomic E-state index is 0.107. The Balaban J connectivity index is 1.43. The molecule has 1 aromatic heterocycles. The van der Waals surface area contributed by atoms with Crippen molar-refractivity contribution in [1.29, 1.82) is 0 Å². The van der Waals surface area contributed by atoms with E-state index in [0.29, 0.717) is 54.6 Å². The minimum Gasteiger partial charge on any atom is -0.465 e. The summed E-state index contributed by atoms with van der Waals surface area (Å²) >= 11 is 1.22. The summed E-state index contributed by atoms with van der Waals surface area (Å²) in [6, 6.07) is 16.1. The molecule has 2 heterocycles. The Hall–Kier alpha value is -3.70. The van der Waals surface area contributed by atoms with Gasteiger partial charge in [-0.25, -0.2) is 4.79 Å². The quantitative estimate of drug-likeness (QED) is 0.368. The molecule has 2 aromatic carbocycles. The summed E-state index contributed by atoms with van der Waals surface area (Å²) in [5, 5.41) is 6.44. The van der Waals surface area contributed by atoms with E-state index in [-0.39, 0.29) is 11.7 Å². The van der Waals surface area contributed by atoms with Crippen LogP contribution in [0.2, 0.25) is 0 Å². The molecule has 1 fully saturated rings. The number of thioether (sulfide) groups is 1. The molecule has 1 saturated heterocycles. The fraction of sp³-hybridized carbons (Fsp3) is 0.261. The van der Waals surface area contributed by atoms with Gasteiger partial charge in [-0.3, -0.25) is 4.79 Å². The maximum Gasteiger partial charge on any atom is 0.337 e.